The van der Waals surface area contributed by atoms with Gasteiger partial charge in [0.15, 0.2) is 0 Å². The minimum atomic E-state index is -0.335. The van der Waals surface area contributed by atoms with Crippen molar-refractivity contribution in [2.24, 2.45) is 0 Å². The second kappa shape index (κ2) is 7.49. The van der Waals surface area contributed by atoms with Crippen molar-refractivity contribution in [1.82, 2.24) is 0 Å². The van der Waals surface area contributed by atoms with E-state index in [-0.39, 0.29) is 5.97 Å². The van der Waals surface area contributed by atoms with Gasteiger partial charge in [0.2, 0.25) is 0 Å². The van der Waals surface area contributed by atoms with Crippen LogP contribution in [0.25, 0.3) is 6.08 Å². The van der Waals surface area contributed by atoms with Crippen LogP contribution in [0.1, 0.15) is 25.8 Å². The van der Waals surface area contributed by atoms with Crippen LogP contribution in [0.5, 0.6) is 5.75 Å². The van der Waals surface area contributed by atoms with Gasteiger partial charge >= 0.3 is 5.97 Å². The molecule has 0 aliphatic carbocycles. The number of carbonyl (C=O) groups excluding carboxylic acids is 1. The molecule has 1 rings (SSSR count). The summed E-state index contributed by atoms with van der Waals surface area (Å²) in [6, 6.07) is 7.61. The fraction of sp³-hybridized carbons (Fsp3) is 0.357. The highest BCUT2D eigenvalue weighted by Crippen LogP contribution is 2.19. The van der Waals surface area contributed by atoms with Crippen molar-refractivity contribution in [1.29, 1.82) is 0 Å². The normalized spacial score (nSPS) is 10.5. The van der Waals surface area contributed by atoms with Crippen molar-refractivity contribution in [2.45, 2.75) is 20.3 Å². The van der Waals surface area contributed by atoms with Crippen LogP contribution in [-0.4, -0.2) is 19.2 Å². The zero-order valence-electron chi connectivity index (χ0n) is 10.3. The van der Waals surface area contributed by atoms with Crippen molar-refractivity contribution >= 4 is 12.0 Å². The number of esters is 1. The monoisotopic (exact) mass is 234 g/mol. The Morgan fingerprint density at radius 1 is 1.29 bits per heavy atom. The predicted molar refractivity (Wildman–Crippen MR) is 67.9 cm³/mol. The van der Waals surface area contributed by atoms with Crippen molar-refractivity contribution in [3.8, 4) is 5.75 Å². The second-order valence-electron chi connectivity index (χ2n) is 3.47. The SMILES string of the molecule is CCCOc1ccccc1C=CC(=O)OCC. The van der Waals surface area contributed by atoms with E-state index in [1.165, 1.54) is 6.08 Å². The van der Waals surface area contributed by atoms with E-state index in [0.717, 1.165) is 17.7 Å². The van der Waals surface area contributed by atoms with E-state index in [9.17, 15) is 4.79 Å². The molecule has 0 aliphatic heterocycles. The van der Waals surface area contributed by atoms with Crippen LogP contribution in [0.15, 0.2) is 30.3 Å². The average Bonchev–Trinajstić information content (AvgIpc) is 2.35. The first-order valence-electron chi connectivity index (χ1n) is 5.84. The Morgan fingerprint density at radius 3 is 2.76 bits per heavy atom. The van der Waals surface area contributed by atoms with Gasteiger partial charge in [0.1, 0.15) is 5.75 Å². The lowest BCUT2D eigenvalue weighted by Gasteiger charge is -2.07. The number of para-hydroxylation sites is 1. The molecule has 3 nitrogen and oxygen atoms in total. The summed E-state index contributed by atoms with van der Waals surface area (Å²) in [6.07, 6.45) is 4.08. The Morgan fingerprint density at radius 2 is 2.06 bits per heavy atom. The molecule has 1 aromatic carbocycles. The minimum Gasteiger partial charge on any atom is -0.493 e. The summed E-state index contributed by atoms with van der Waals surface area (Å²) in [4.78, 5) is 11.2. The number of ether oxygens (including phenoxy) is 2. The molecule has 0 atom stereocenters. The van der Waals surface area contributed by atoms with Crippen molar-refractivity contribution in [3.05, 3.63) is 35.9 Å². The van der Waals surface area contributed by atoms with Gasteiger partial charge in [0.05, 0.1) is 13.2 Å². The first-order chi connectivity index (χ1) is 8.27. The molecule has 0 bridgehead atoms. The van der Waals surface area contributed by atoms with Gasteiger partial charge in [-0.3, -0.25) is 0 Å². The quantitative estimate of drug-likeness (QED) is 0.560. The summed E-state index contributed by atoms with van der Waals surface area (Å²) < 4.78 is 10.4. The zero-order valence-corrected chi connectivity index (χ0v) is 10.3. The standard InChI is InChI=1S/C14H18O3/c1-3-11-17-13-8-6-5-7-12(13)9-10-14(15)16-4-2/h5-10H,3-4,11H2,1-2H3. The van der Waals surface area contributed by atoms with Gasteiger partial charge in [0, 0.05) is 11.6 Å². The highest BCUT2D eigenvalue weighted by Gasteiger charge is 2.00. The molecule has 92 valence electrons. The molecule has 0 unspecified atom stereocenters. The molecule has 0 aliphatic rings. The maximum absolute atomic E-state index is 11.2. The molecule has 0 saturated carbocycles. The van der Waals surface area contributed by atoms with E-state index in [4.69, 9.17) is 9.47 Å². The summed E-state index contributed by atoms with van der Waals surface area (Å²) in [6.45, 7) is 4.89. The summed E-state index contributed by atoms with van der Waals surface area (Å²) >= 11 is 0. The topological polar surface area (TPSA) is 35.5 Å². The van der Waals surface area contributed by atoms with Gasteiger partial charge < -0.3 is 9.47 Å². The van der Waals surface area contributed by atoms with Crippen LogP contribution >= 0.6 is 0 Å². The maximum Gasteiger partial charge on any atom is 0.330 e. The number of benzene rings is 1. The Bertz CT molecular complexity index is 383. The number of carbonyl (C=O) groups is 1. The zero-order chi connectivity index (χ0) is 12.5. The van der Waals surface area contributed by atoms with E-state index < -0.39 is 0 Å². The van der Waals surface area contributed by atoms with Crippen LogP contribution in [0, 0.1) is 0 Å². The largest absolute Gasteiger partial charge is 0.493 e. The molecule has 0 fully saturated rings. The average molecular weight is 234 g/mol. The third-order valence-corrected chi connectivity index (χ3v) is 2.07. The summed E-state index contributed by atoms with van der Waals surface area (Å²) in [5, 5.41) is 0. The fourth-order valence-corrected chi connectivity index (χ4v) is 1.31. The Kier molecular flexibility index (Phi) is 5.86. The van der Waals surface area contributed by atoms with Crippen LogP contribution in [0.2, 0.25) is 0 Å². The Labute approximate surface area is 102 Å². The molecular formula is C14H18O3. The third kappa shape index (κ3) is 4.72. The lowest BCUT2D eigenvalue weighted by molar-refractivity contribution is -0.137. The smallest absolute Gasteiger partial charge is 0.330 e. The second-order valence-corrected chi connectivity index (χ2v) is 3.47. The number of hydrogen-bond acceptors (Lipinski definition) is 3. The maximum atomic E-state index is 11.2. The van der Waals surface area contributed by atoms with Gasteiger partial charge in [0.25, 0.3) is 0 Å². The molecule has 0 amide bonds. The molecule has 0 aromatic heterocycles. The van der Waals surface area contributed by atoms with E-state index in [1.807, 2.05) is 24.3 Å². The lowest BCUT2D eigenvalue weighted by atomic mass is 10.2. The Hall–Kier alpha value is -1.77. The van der Waals surface area contributed by atoms with Crippen LogP contribution < -0.4 is 4.74 Å². The molecule has 3 heteroatoms. The molecular weight excluding hydrogens is 216 g/mol. The molecule has 0 saturated heterocycles. The van der Waals surface area contributed by atoms with E-state index in [0.29, 0.717) is 13.2 Å². The number of rotatable bonds is 6. The highest BCUT2D eigenvalue weighted by molar-refractivity contribution is 5.87. The van der Waals surface area contributed by atoms with Crippen molar-refractivity contribution in [3.63, 3.8) is 0 Å². The minimum absolute atomic E-state index is 0.335. The van der Waals surface area contributed by atoms with Gasteiger partial charge in [-0.1, -0.05) is 25.1 Å². The molecule has 0 spiro atoms. The van der Waals surface area contributed by atoms with Gasteiger partial charge in [-0.2, -0.15) is 0 Å². The molecule has 17 heavy (non-hydrogen) atoms. The first-order valence-corrected chi connectivity index (χ1v) is 5.84. The van der Waals surface area contributed by atoms with Crippen LogP contribution in [0.4, 0.5) is 0 Å². The molecule has 1 aromatic rings. The van der Waals surface area contributed by atoms with Crippen LogP contribution in [0.3, 0.4) is 0 Å². The van der Waals surface area contributed by atoms with Crippen LogP contribution in [-0.2, 0) is 9.53 Å². The molecule has 0 radical (unpaired) electrons. The van der Waals surface area contributed by atoms with Gasteiger partial charge in [-0.05, 0) is 25.5 Å². The third-order valence-electron chi connectivity index (χ3n) is 2.07. The van der Waals surface area contributed by atoms with Crippen molar-refractivity contribution in [2.75, 3.05) is 13.2 Å². The van der Waals surface area contributed by atoms with E-state index in [1.54, 1.807) is 13.0 Å². The summed E-state index contributed by atoms with van der Waals surface area (Å²) in [7, 11) is 0. The fourth-order valence-electron chi connectivity index (χ4n) is 1.31. The first kappa shape index (κ1) is 13.3. The van der Waals surface area contributed by atoms with Crippen molar-refractivity contribution < 1.29 is 14.3 Å². The summed E-state index contributed by atoms with van der Waals surface area (Å²) in [5.41, 5.74) is 0.883. The summed E-state index contributed by atoms with van der Waals surface area (Å²) in [5.74, 6) is 0.452. The highest BCUT2D eigenvalue weighted by atomic mass is 16.5. The predicted octanol–water partition coefficient (Wildman–Crippen LogP) is 3.05. The Balaban J connectivity index is 2.72. The molecule has 0 heterocycles. The molecule has 0 N–H and O–H groups in total. The number of hydrogen-bond donors (Lipinski definition) is 0. The van der Waals surface area contributed by atoms with E-state index in [2.05, 4.69) is 6.92 Å². The van der Waals surface area contributed by atoms with Gasteiger partial charge in [-0.15, -0.1) is 0 Å². The van der Waals surface area contributed by atoms with Gasteiger partial charge in [-0.25, -0.2) is 4.79 Å². The lowest BCUT2D eigenvalue weighted by Crippen LogP contribution is -1.99. The van der Waals surface area contributed by atoms with E-state index >= 15 is 0 Å².